The molecule has 1 nitrogen and oxygen atoms in total. The SMILES string of the molecule is N#Cc1ccc(C(SCc2ccccc2)SCc2ccccc2)cc1. The van der Waals surface area contributed by atoms with Gasteiger partial charge < -0.3 is 0 Å². The van der Waals surface area contributed by atoms with Crippen LogP contribution in [0.3, 0.4) is 0 Å². The van der Waals surface area contributed by atoms with Crippen LogP contribution < -0.4 is 0 Å². The summed E-state index contributed by atoms with van der Waals surface area (Å²) >= 11 is 3.88. The molecule has 0 heterocycles. The van der Waals surface area contributed by atoms with Crippen LogP contribution >= 0.6 is 23.5 Å². The number of benzene rings is 3. The molecular weight excluding hydrogens is 342 g/mol. The van der Waals surface area contributed by atoms with Gasteiger partial charge in [0.2, 0.25) is 0 Å². The summed E-state index contributed by atoms with van der Waals surface area (Å²) in [6.45, 7) is 0. The summed E-state index contributed by atoms with van der Waals surface area (Å²) in [4.78, 5) is 0. The Bertz CT molecular complexity index is 765. The molecule has 0 saturated heterocycles. The van der Waals surface area contributed by atoms with Gasteiger partial charge in [0.1, 0.15) is 0 Å². The molecule has 0 saturated carbocycles. The molecule has 0 aliphatic carbocycles. The molecule has 25 heavy (non-hydrogen) atoms. The number of thioether (sulfide) groups is 2. The van der Waals surface area contributed by atoms with Gasteiger partial charge in [-0.3, -0.25) is 0 Å². The molecule has 0 unspecified atom stereocenters. The quantitative estimate of drug-likeness (QED) is 0.453. The van der Waals surface area contributed by atoms with Gasteiger partial charge in [-0.25, -0.2) is 0 Å². The zero-order chi connectivity index (χ0) is 17.3. The Kier molecular flexibility index (Phi) is 6.62. The number of hydrogen-bond acceptors (Lipinski definition) is 3. The van der Waals surface area contributed by atoms with Crippen LogP contribution in [0.1, 0.15) is 26.8 Å². The molecule has 0 aliphatic heterocycles. The summed E-state index contributed by atoms with van der Waals surface area (Å²) in [6.07, 6.45) is 0. The lowest BCUT2D eigenvalue weighted by molar-refractivity contribution is 1.31. The number of nitrogens with zero attached hydrogens (tertiary/aromatic N) is 1. The first-order chi connectivity index (χ1) is 12.3. The lowest BCUT2D eigenvalue weighted by atomic mass is 10.2. The van der Waals surface area contributed by atoms with Crippen LogP contribution in [-0.4, -0.2) is 0 Å². The third-order valence-electron chi connectivity index (χ3n) is 3.80. The van der Waals surface area contributed by atoms with E-state index in [0.29, 0.717) is 10.1 Å². The second-order valence-corrected chi connectivity index (χ2v) is 8.14. The Labute approximate surface area is 158 Å². The molecule has 0 amide bonds. The Morgan fingerprint density at radius 2 is 1.16 bits per heavy atom. The van der Waals surface area contributed by atoms with E-state index in [1.165, 1.54) is 16.7 Å². The zero-order valence-corrected chi connectivity index (χ0v) is 15.5. The summed E-state index contributed by atoms with van der Waals surface area (Å²) in [5, 5.41) is 9.01. The minimum atomic E-state index is 0.341. The molecule has 0 N–H and O–H groups in total. The van der Waals surface area contributed by atoms with Crippen LogP contribution in [0.5, 0.6) is 0 Å². The van der Waals surface area contributed by atoms with Gasteiger partial charge in [-0.05, 0) is 28.8 Å². The number of rotatable bonds is 7. The van der Waals surface area contributed by atoms with E-state index in [1.54, 1.807) is 0 Å². The monoisotopic (exact) mass is 361 g/mol. The standard InChI is InChI=1S/C22H19NS2/c23-15-18-11-13-21(14-12-18)22(24-16-19-7-3-1-4-8-19)25-17-20-9-5-2-6-10-20/h1-14,22H,16-17H2. The molecule has 3 aromatic carbocycles. The summed E-state index contributed by atoms with van der Waals surface area (Å²) in [7, 11) is 0. The Morgan fingerprint density at radius 1 is 0.680 bits per heavy atom. The second-order valence-electron chi connectivity index (χ2n) is 5.66. The third kappa shape index (κ3) is 5.42. The molecule has 0 aromatic heterocycles. The predicted octanol–water partition coefficient (Wildman–Crippen LogP) is 6.42. The van der Waals surface area contributed by atoms with E-state index >= 15 is 0 Å². The van der Waals surface area contributed by atoms with Crippen molar-refractivity contribution in [1.29, 1.82) is 5.26 Å². The third-order valence-corrected chi connectivity index (χ3v) is 6.77. The smallest absolute Gasteiger partial charge is 0.0991 e. The maximum atomic E-state index is 9.01. The Morgan fingerprint density at radius 3 is 1.60 bits per heavy atom. The van der Waals surface area contributed by atoms with Gasteiger partial charge in [0.25, 0.3) is 0 Å². The van der Waals surface area contributed by atoms with Crippen molar-refractivity contribution in [1.82, 2.24) is 0 Å². The topological polar surface area (TPSA) is 23.8 Å². The van der Waals surface area contributed by atoms with Crippen LogP contribution in [0, 0.1) is 11.3 Å². The fourth-order valence-corrected chi connectivity index (χ4v) is 5.01. The fourth-order valence-electron chi connectivity index (χ4n) is 2.45. The molecule has 0 spiro atoms. The van der Waals surface area contributed by atoms with Gasteiger partial charge in [0, 0.05) is 11.5 Å². The predicted molar refractivity (Wildman–Crippen MR) is 109 cm³/mol. The average Bonchev–Trinajstić information content (AvgIpc) is 2.70. The summed E-state index contributed by atoms with van der Waals surface area (Å²) < 4.78 is 0.341. The van der Waals surface area contributed by atoms with Crippen molar-refractivity contribution >= 4 is 23.5 Å². The normalized spacial score (nSPS) is 10.6. The maximum absolute atomic E-state index is 9.01. The van der Waals surface area contributed by atoms with Crippen molar-refractivity contribution in [2.45, 2.75) is 16.1 Å². The first-order valence-electron chi connectivity index (χ1n) is 8.16. The fraction of sp³-hybridized carbons (Fsp3) is 0.136. The second kappa shape index (κ2) is 9.36. The molecular formula is C22H19NS2. The van der Waals surface area contributed by atoms with Crippen molar-refractivity contribution in [2.24, 2.45) is 0 Å². The van der Waals surface area contributed by atoms with Crippen LogP contribution in [-0.2, 0) is 11.5 Å². The minimum Gasteiger partial charge on any atom is -0.192 e. The van der Waals surface area contributed by atoms with E-state index in [2.05, 4.69) is 78.9 Å². The first kappa shape index (κ1) is 17.7. The van der Waals surface area contributed by atoms with Gasteiger partial charge >= 0.3 is 0 Å². The maximum Gasteiger partial charge on any atom is 0.0991 e. The highest BCUT2D eigenvalue weighted by atomic mass is 32.2. The van der Waals surface area contributed by atoms with E-state index in [-0.39, 0.29) is 0 Å². The van der Waals surface area contributed by atoms with Crippen LogP contribution in [0.15, 0.2) is 84.9 Å². The molecule has 124 valence electrons. The Hall–Kier alpha value is -2.15. The highest BCUT2D eigenvalue weighted by Gasteiger charge is 2.13. The lowest BCUT2D eigenvalue weighted by Gasteiger charge is -2.17. The molecule has 3 rings (SSSR count). The molecule has 3 aromatic rings. The molecule has 0 aliphatic rings. The molecule has 0 radical (unpaired) electrons. The average molecular weight is 362 g/mol. The highest BCUT2D eigenvalue weighted by molar-refractivity contribution is 8.15. The van der Waals surface area contributed by atoms with E-state index in [0.717, 1.165) is 11.5 Å². The van der Waals surface area contributed by atoms with Crippen LogP contribution in [0.2, 0.25) is 0 Å². The van der Waals surface area contributed by atoms with Crippen molar-refractivity contribution < 1.29 is 0 Å². The lowest BCUT2D eigenvalue weighted by Crippen LogP contribution is -1.93. The summed E-state index contributed by atoms with van der Waals surface area (Å²) in [5.41, 5.74) is 4.65. The van der Waals surface area contributed by atoms with E-state index < -0.39 is 0 Å². The van der Waals surface area contributed by atoms with Crippen LogP contribution in [0.25, 0.3) is 0 Å². The Balaban J connectivity index is 1.71. The largest absolute Gasteiger partial charge is 0.192 e. The van der Waals surface area contributed by atoms with Crippen molar-refractivity contribution in [2.75, 3.05) is 0 Å². The molecule has 0 atom stereocenters. The molecule has 0 fully saturated rings. The van der Waals surface area contributed by atoms with E-state index in [4.69, 9.17) is 5.26 Å². The first-order valence-corrected chi connectivity index (χ1v) is 10.3. The van der Waals surface area contributed by atoms with Gasteiger partial charge in [-0.2, -0.15) is 5.26 Å². The summed E-state index contributed by atoms with van der Waals surface area (Å²) in [5.74, 6) is 1.96. The van der Waals surface area contributed by atoms with E-state index in [9.17, 15) is 0 Å². The number of nitriles is 1. The van der Waals surface area contributed by atoms with Gasteiger partial charge in [0.15, 0.2) is 0 Å². The van der Waals surface area contributed by atoms with Crippen molar-refractivity contribution in [3.63, 3.8) is 0 Å². The van der Waals surface area contributed by atoms with Gasteiger partial charge in [0.05, 0.1) is 16.2 Å². The van der Waals surface area contributed by atoms with Crippen LogP contribution in [0.4, 0.5) is 0 Å². The van der Waals surface area contributed by atoms with Gasteiger partial charge in [-0.1, -0.05) is 72.8 Å². The molecule has 0 bridgehead atoms. The summed E-state index contributed by atoms with van der Waals surface area (Å²) in [6, 6.07) is 31.3. The molecule has 3 heteroatoms. The number of hydrogen-bond donors (Lipinski definition) is 0. The van der Waals surface area contributed by atoms with E-state index in [1.807, 2.05) is 35.7 Å². The minimum absolute atomic E-state index is 0.341. The van der Waals surface area contributed by atoms with Crippen molar-refractivity contribution in [3.05, 3.63) is 107 Å². The van der Waals surface area contributed by atoms with Gasteiger partial charge in [-0.15, -0.1) is 23.5 Å². The van der Waals surface area contributed by atoms with Crippen molar-refractivity contribution in [3.8, 4) is 6.07 Å². The highest BCUT2D eigenvalue weighted by Crippen LogP contribution is 2.42. The zero-order valence-electron chi connectivity index (χ0n) is 13.8.